The first kappa shape index (κ1) is 25.8. The monoisotopic (exact) mass is 439 g/mol. The normalized spacial score (nSPS) is 11.3. The predicted molar refractivity (Wildman–Crippen MR) is 136 cm³/mol. The summed E-state index contributed by atoms with van der Waals surface area (Å²) in [6.45, 7) is 9.01. The van der Waals surface area contributed by atoms with Crippen molar-refractivity contribution in [3.05, 3.63) is 53.6 Å². The van der Waals surface area contributed by atoms with Crippen molar-refractivity contribution in [3.63, 3.8) is 0 Å². The lowest BCUT2D eigenvalue weighted by molar-refractivity contribution is 0.264. The van der Waals surface area contributed by atoms with E-state index in [1.54, 1.807) is 14.2 Å². The molecule has 0 atom stereocenters. The zero-order valence-corrected chi connectivity index (χ0v) is 20.4. The molecule has 0 aliphatic rings. The molecule has 0 heterocycles. The van der Waals surface area contributed by atoms with Crippen LogP contribution < -0.4 is 14.2 Å². The van der Waals surface area contributed by atoms with Crippen LogP contribution in [0.3, 0.4) is 0 Å². The van der Waals surface area contributed by atoms with Crippen LogP contribution in [0.15, 0.2) is 42.5 Å². The summed E-state index contributed by atoms with van der Waals surface area (Å²) in [5, 5.41) is 0. The van der Waals surface area contributed by atoms with Gasteiger partial charge in [-0.25, -0.2) is 0 Å². The summed E-state index contributed by atoms with van der Waals surface area (Å²) in [4.78, 5) is 2.59. The average Bonchev–Trinajstić information content (AvgIpc) is 2.82. The van der Waals surface area contributed by atoms with Gasteiger partial charge in [-0.2, -0.15) is 0 Å². The van der Waals surface area contributed by atoms with Crippen LogP contribution in [-0.4, -0.2) is 45.4 Å². The van der Waals surface area contributed by atoms with Crippen molar-refractivity contribution in [2.75, 3.05) is 40.5 Å². The molecule has 4 nitrogen and oxygen atoms in total. The van der Waals surface area contributed by atoms with Crippen LogP contribution >= 0.6 is 0 Å². The number of ether oxygens (including phenoxy) is 3. The van der Waals surface area contributed by atoms with Crippen molar-refractivity contribution in [2.24, 2.45) is 0 Å². The van der Waals surface area contributed by atoms with E-state index in [0.717, 1.165) is 41.4 Å². The van der Waals surface area contributed by atoms with Crippen molar-refractivity contribution in [1.29, 1.82) is 0 Å². The minimum atomic E-state index is 0.784. The maximum absolute atomic E-state index is 5.92. The molecule has 2 aromatic carbocycles. The Bertz CT molecular complexity index is 758. The van der Waals surface area contributed by atoms with E-state index in [0.29, 0.717) is 0 Å². The fourth-order valence-corrected chi connectivity index (χ4v) is 3.74. The summed E-state index contributed by atoms with van der Waals surface area (Å²) in [6, 6.07) is 14.1. The molecule has 4 heteroatoms. The maximum atomic E-state index is 5.92. The zero-order chi connectivity index (χ0) is 23.0. The quantitative estimate of drug-likeness (QED) is 0.209. The Morgan fingerprint density at radius 1 is 0.656 bits per heavy atom. The fraction of sp³-hybridized carbons (Fsp3) is 0.500. The molecule has 0 aliphatic heterocycles. The summed E-state index contributed by atoms with van der Waals surface area (Å²) >= 11 is 0. The number of methoxy groups -OCH3 is 2. The van der Waals surface area contributed by atoms with Crippen LogP contribution in [-0.2, 0) is 0 Å². The second-order valence-corrected chi connectivity index (χ2v) is 8.15. The zero-order valence-electron chi connectivity index (χ0n) is 20.4. The second kappa shape index (κ2) is 15.4. The summed E-state index contributed by atoms with van der Waals surface area (Å²) in [6.07, 6.45) is 11.6. The van der Waals surface area contributed by atoms with E-state index in [9.17, 15) is 0 Å². The first-order valence-corrected chi connectivity index (χ1v) is 12.0. The molecule has 0 unspecified atom stereocenters. The molecule has 2 aromatic rings. The van der Waals surface area contributed by atoms with Gasteiger partial charge in [0.2, 0.25) is 0 Å². The maximum Gasteiger partial charge on any atom is 0.123 e. The highest BCUT2D eigenvalue weighted by atomic mass is 16.5. The van der Waals surface area contributed by atoms with Crippen LogP contribution in [0.1, 0.15) is 63.5 Å². The highest BCUT2D eigenvalue weighted by Crippen LogP contribution is 2.24. The summed E-state index contributed by atoms with van der Waals surface area (Å²) in [5.41, 5.74) is 2.16. The Labute approximate surface area is 195 Å². The Morgan fingerprint density at radius 3 is 1.84 bits per heavy atom. The fourth-order valence-electron chi connectivity index (χ4n) is 3.74. The highest BCUT2D eigenvalue weighted by molar-refractivity contribution is 5.71. The van der Waals surface area contributed by atoms with E-state index in [2.05, 4.69) is 43.0 Å². The minimum absolute atomic E-state index is 0.784. The second-order valence-electron chi connectivity index (χ2n) is 8.15. The topological polar surface area (TPSA) is 30.9 Å². The van der Waals surface area contributed by atoms with Crippen LogP contribution in [0.2, 0.25) is 0 Å². The molecule has 0 N–H and O–H groups in total. The molecular weight excluding hydrogens is 398 g/mol. The van der Waals surface area contributed by atoms with Gasteiger partial charge in [-0.3, -0.25) is 0 Å². The Morgan fingerprint density at radius 2 is 1.25 bits per heavy atom. The number of hydrogen-bond donors (Lipinski definition) is 0. The molecule has 176 valence electrons. The minimum Gasteiger partial charge on any atom is -0.497 e. The van der Waals surface area contributed by atoms with E-state index in [1.165, 1.54) is 51.7 Å². The van der Waals surface area contributed by atoms with Crippen LogP contribution in [0, 0.1) is 0 Å². The van der Waals surface area contributed by atoms with Crippen molar-refractivity contribution in [3.8, 4) is 17.2 Å². The lowest BCUT2D eigenvalue weighted by Crippen LogP contribution is -2.26. The lowest BCUT2D eigenvalue weighted by Gasteiger charge is -2.20. The van der Waals surface area contributed by atoms with Gasteiger partial charge in [-0.05, 0) is 80.7 Å². The molecule has 2 rings (SSSR count). The molecule has 0 amide bonds. The van der Waals surface area contributed by atoms with Gasteiger partial charge in [0.05, 0.1) is 20.8 Å². The van der Waals surface area contributed by atoms with Gasteiger partial charge in [0.25, 0.3) is 0 Å². The molecule has 0 bridgehead atoms. The summed E-state index contributed by atoms with van der Waals surface area (Å²) in [5.74, 6) is 2.50. The third kappa shape index (κ3) is 9.78. The number of hydrogen-bond acceptors (Lipinski definition) is 4. The molecule has 0 spiro atoms. The first-order valence-electron chi connectivity index (χ1n) is 12.0. The SMILES string of the molecule is CCCN(CCC)CCCCCCOc1ccc(/C=C/c2cc(OC)cc(OC)c2)cc1. The number of unbranched alkanes of at least 4 members (excludes halogenated alkanes) is 3. The van der Waals surface area contributed by atoms with E-state index in [-0.39, 0.29) is 0 Å². The molecule has 32 heavy (non-hydrogen) atoms. The third-order valence-electron chi connectivity index (χ3n) is 5.44. The lowest BCUT2D eigenvalue weighted by atomic mass is 10.1. The van der Waals surface area contributed by atoms with Crippen LogP contribution in [0.5, 0.6) is 17.2 Å². The van der Waals surface area contributed by atoms with E-state index in [1.807, 2.05) is 30.3 Å². The van der Waals surface area contributed by atoms with Crippen molar-refractivity contribution in [2.45, 2.75) is 52.4 Å². The Balaban J connectivity index is 1.69. The van der Waals surface area contributed by atoms with Gasteiger partial charge in [0, 0.05) is 6.07 Å². The number of nitrogens with zero attached hydrogens (tertiary/aromatic N) is 1. The Kier molecular flexibility index (Phi) is 12.4. The van der Waals surface area contributed by atoms with Crippen molar-refractivity contribution >= 4 is 12.2 Å². The van der Waals surface area contributed by atoms with Gasteiger partial charge in [-0.15, -0.1) is 0 Å². The van der Waals surface area contributed by atoms with Crippen molar-refractivity contribution < 1.29 is 14.2 Å². The largest absolute Gasteiger partial charge is 0.497 e. The van der Waals surface area contributed by atoms with E-state index >= 15 is 0 Å². The molecular formula is C28H41NO3. The van der Waals surface area contributed by atoms with E-state index in [4.69, 9.17) is 14.2 Å². The van der Waals surface area contributed by atoms with Gasteiger partial charge in [0.1, 0.15) is 17.2 Å². The standard InChI is InChI=1S/C28H41NO3/c1-5-17-29(18-6-2)19-9-7-8-10-20-32-26-15-13-24(14-16-26)11-12-25-21-27(30-3)23-28(22-25)31-4/h11-16,21-23H,5-10,17-20H2,1-4H3/b12-11+. The van der Waals surface area contributed by atoms with Crippen LogP contribution in [0.25, 0.3) is 12.2 Å². The van der Waals surface area contributed by atoms with Gasteiger partial charge in [-0.1, -0.05) is 51.0 Å². The summed E-state index contributed by atoms with van der Waals surface area (Å²) in [7, 11) is 3.32. The predicted octanol–water partition coefficient (Wildman–Crippen LogP) is 6.94. The average molecular weight is 440 g/mol. The van der Waals surface area contributed by atoms with Gasteiger partial charge < -0.3 is 19.1 Å². The first-order chi connectivity index (χ1) is 15.7. The molecule has 0 aromatic heterocycles. The smallest absolute Gasteiger partial charge is 0.123 e. The number of rotatable bonds is 16. The van der Waals surface area contributed by atoms with Crippen LogP contribution in [0.4, 0.5) is 0 Å². The number of benzene rings is 2. The molecule has 0 radical (unpaired) electrons. The van der Waals surface area contributed by atoms with Gasteiger partial charge >= 0.3 is 0 Å². The highest BCUT2D eigenvalue weighted by Gasteiger charge is 2.02. The van der Waals surface area contributed by atoms with E-state index < -0.39 is 0 Å². The summed E-state index contributed by atoms with van der Waals surface area (Å²) < 4.78 is 16.6. The Hall–Kier alpha value is -2.46. The molecule has 0 aliphatic carbocycles. The van der Waals surface area contributed by atoms with Crippen molar-refractivity contribution in [1.82, 2.24) is 4.90 Å². The molecule has 0 saturated carbocycles. The third-order valence-corrected chi connectivity index (χ3v) is 5.44. The molecule has 0 saturated heterocycles. The van der Waals surface area contributed by atoms with Gasteiger partial charge in [0.15, 0.2) is 0 Å². The molecule has 0 fully saturated rings.